The van der Waals surface area contributed by atoms with Gasteiger partial charge in [0.2, 0.25) is 0 Å². The predicted octanol–water partition coefficient (Wildman–Crippen LogP) is 1.16. The van der Waals surface area contributed by atoms with Crippen LogP contribution in [0.3, 0.4) is 0 Å². The maximum absolute atomic E-state index is 11.8. The minimum absolute atomic E-state index is 0.0347. The van der Waals surface area contributed by atoms with E-state index in [0.29, 0.717) is 5.56 Å². The SMILES string of the molecule is Cc1ccccc1S(=O)(=O)NF. The third kappa shape index (κ3) is 1.62. The molecule has 0 heterocycles. The number of rotatable bonds is 2. The lowest BCUT2D eigenvalue weighted by Gasteiger charge is -2.02. The largest absolute Gasteiger partial charge is 0.266 e. The predicted molar refractivity (Wildman–Crippen MR) is 42.6 cm³/mol. The second-order valence-electron chi connectivity index (χ2n) is 2.35. The Morgan fingerprint density at radius 1 is 1.33 bits per heavy atom. The molecule has 0 aliphatic rings. The molecule has 0 atom stereocenters. The Labute approximate surface area is 70.2 Å². The summed E-state index contributed by atoms with van der Waals surface area (Å²) < 4.78 is 33.7. The van der Waals surface area contributed by atoms with Gasteiger partial charge in [0.25, 0.3) is 10.0 Å². The van der Waals surface area contributed by atoms with E-state index in [4.69, 9.17) is 0 Å². The first-order valence-corrected chi connectivity index (χ1v) is 4.74. The van der Waals surface area contributed by atoms with Crippen molar-refractivity contribution in [3.63, 3.8) is 0 Å². The number of hydrogen-bond acceptors (Lipinski definition) is 2. The van der Waals surface area contributed by atoms with Crippen molar-refractivity contribution >= 4 is 10.0 Å². The van der Waals surface area contributed by atoms with Gasteiger partial charge >= 0.3 is 0 Å². The Kier molecular flexibility index (Phi) is 2.44. The van der Waals surface area contributed by atoms with E-state index >= 15 is 0 Å². The number of hydrogen-bond donors (Lipinski definition) is 1. The molecule has 0 amide bonds. The second kappa shape index (κ2) is 3.20. The highest BCUT2D eigenvalue weighted by atomic mass is 32.2. The number of benzene rings is 1. The molecule has 66 valence electrons. The van der Waals surface area contributed by atoms with Crippen molar-refractivity contribution in [2.75, 3.05) is 0 Å². The molecular formula is C7H8FNO2S. The number of aryl methyl sites for hydroxylation is 1. The van der Waals surface area contributed by atoms with Gasteiger partial charge in [0.1, 0.15) is 0 Å². The van der Waals surface area contributed by atoms with Crippen LogP contribution in [0.2, 0.25) is 0 Å². The van der Waals surface area contributed by atoms with E-state index < -0.39 is 10.0 Å². The van der Waals surface area contributed by atoms with Crippen LogP contribution in [0.15, 0.2) is 29.2 Å². The molecule has 0 saturated carbocycles. The Balaban J connectivity index is 3.30. The minimum atomic E-state index is -3.95. The average molecular weight is 189 g/mol. The van der Waals surface area contributed by atoms with Gasteiger partial charge < -0.3 is 0 Å². The van der Waals surface area contributed by atoms with Crippen molar-refractivity contribution in [2.24, 2.45) is 0 Å². The van der Waals surface area contributed by atoms with Crippen molar-refractivity contribution in [1.82, 2.24) is 4.94 Å². The third-order valence-electron chi connectivity index (χ3n) is 1.48. The van der Waals surface area contributed by atoms with Gasteiger partial charge in [-0.05, 0) is 23.5 Å². The summed E-state index contributed by atoms with van der Waals surface area (Å²) in [6.45, 7) is 1.60. The highest BCUT2D eigenvalue weighted by molar-refractivity contribution is 7.89. The van der Waals surface area contributed by atoms with Gasteiger partial charge in [0, 0.05) is 0 Å². The van der Waals surface area contributed by atoms with Crippen LogP contribution >= 0.6 is 0 Å². The highest BCUT2D eigenvalue weighted by Gasteiger charge is 2.14. The van der Waals surface area contributed by atoms with Crippen LogP contribution in [0, 0.1) is 6.92 Å². The molecule has 0 bridgehead atoms. The van der Waals surface area contributed by atoms with Crippen molar-refractivity contribution in [3.8, 4) is 0 Å². The van der Waals surface area contributed by atoms with Crippen LogP contribution in [0.25, 0.3) is 0 Å². The summed E-state index contributed by atoms with van der Waals surface area (Å²) in [5, 5.41) is 0. The molecule has 0 aliphatic carbocycles. The molecule has 1 N–H and O–H groups in total. The quantitative estimate of drug-likeness (QED) is 0.709. The van der Waals surface area contributed by atoms with Gasteiger partial charge in [-0.25, -0.2) is 8.42 Å². The fourth-order valence-corrected chi connectivity index (χ4v) is 1.73. The minimum Gasteiger partial charge on any atom is -0.205 e. The van der Waals surface area contributed by atoms with Gasteiger partial charge in [-0.3, -0.25) is 0 Å². The van der Waals surface area contributed by atoms with Crippen LogP contribution in [-0.2, 0) is 10.0 Å². The Bertz CT molecular complexity index is 375. The first kappa shape index (κ1) is 9.15. The maximum Gasteiger partial charge on any atom is 0.266 e. The van der Waals surface area contributed by atoms with Crippen molar-refractivity contribution < 1.29 is 12.9 Å². The molecule has 0 aliphatic heterocycles. The number of halogens is 1. The maximum atomic E-state index is 11.8. The van der Waals surface area contributed by atoms with E-state index in [-0.39, 0.29) is 4.90 Å². The topological polar surface area (TPSA) is 46.2 Å². The van der Waals surface area contributed by atoms with Crippen LogP contribution in [0.1, 0.15) is 5.56 Å². The molecular weight excluding hydrogens is 181 g/mol. The fourth-order valence-electron chi connectivity index (χ4n) is 0.899. The molecule has 3 nitrogen and oxygen atoms in total. The molecule has 5 heteroatoms. The van der Waals surface area contributed by atoms with Crippen LogP contribution < -0.4 is 4.94 Å². The first-order chi connectivity index (χ1) is 5.58. The molecule has 1 aromatic rings. The molecule has 1 rings (SSSR count). The molecule has 0 spiro atoms. The summed E-state index contributed by atoms with van der Waals surface area (Å²) in [6.07, 6.45) is 0. The smallest absolute Gasteiger partial charge is 0.205 e. The standard InChI is InChI=1S/C7H8FNO2S/c1-6-4-2-3-5-7(6)12(10,11)9-8/h2-5,9H,1H3. The molecule has 0 unspecified atom stereocenters. The van der Waals surface area contributed by atoms with Crippen LogP contribution in [0.4, 0.5) is 4.48 Å². The normalized spacial score (nSPS) is 11.5. The molecule has 0 fully saturated rings. The lowest BCUT2D eigenvalue weighted by atomic mass is 10.2. The highest BCUT2D eigenvalue weighted by Crippen LogP contribution is 2.13. The van der Waals surface area contributed by atoms with Crippen molar-refractivity contribution in [1.29, 1.82) is 0 Å². The van der Waals surface area contributed by atoms with Gasteiger partial charge in [0.15, 0.2) is 0 Å². The summed E-state index contributed by atoms with van der Waals surface area (Å²) >= 11 is 0. The first-order valence-electron chi connectivity index (χ1n) is 3.26. The molecule has 0 saturated heterocycles. The Morgan fingerprint density at radius 3 is 2.42 bits per heavy atom. The van der Waals surface area contributed by atoms with Crippen molar-refractivity contribution in [3.05, 3.63) is 29.8 Å². The summed E-state index contributed by atoms with van der Waals surface area (Å²) in [5.41, 5.74) is 0.516. The summed E-state index contributed by atoms with van der Waals surface area (Å²) in [4.78, 5) is 0.736. The van der Waals surface area contributed by atoms with Crippen molar-refractivity contribution in [2.45, 2.75) is 11.8 Å². The second-order valence-corrected chi connectivity index (χ2v) is 3.95. The fraction of sp³-hybridized carbons (Fsp3) is 0.143. The molecule has 0 aromatic heterocycles. The zero-order valence-corrected chi connectivity index (χ0v) is 7.23. The van der Waals surface area contributed by atoms with Crippen LogP contribution in [-0.4, -0.2) is 8.42 Å². The lowest BCUT2D eigenvalue weighted by Crippen LogP contribution is -2.15. The van der Waals surface area contributed by atoms with E-state index in [1.165, 1.54) is 12.1 Å². The van der Waals surface area contributed by atoms with Gasteiger partial charge in [-0.2, -0.15) is 0 Å². The average Bonchev–Trinajstić information content (AvgIpc) is 2.05. The zero-order chi connectivity index (χ0) is 9.19. The number of nitrogens with one attached hydrogen (secondary N) is 1. The molecule has 1 aromatic carbocycles. The van der Waals surface area contributed by atoms with E-state index in [1.807, 2.05) is 0 Å². The zero-order valence-electron chi connectivity index (χ0n) is 6.41. The molecule has 0 radical (unpaired) electrons. The van der Waals surface area contributed by atoms with Gasteiger partial charge in [-0.1, -0.05) is 18.2 Å². The van der Waals surface area contributed by atoms with Gasteiger partial charge in [-0.15, -0.1) is 4.48 Å². The number of sulfonamides is 1. The third-order valence-corrected chi connectivity index (χ3v) is 2.72. The van der Waals surface area contributed by atoms with Crippen LogP contribution in [0.5, 0.6) is 0 Å². The summed E-state index contributed by atoms with van der Waals surface area (Å²) in [7, 11) is -3.95. The Hall–Kier alpha value is -0.940. The molecule has 12 heavy (non-hydrogen) atoms. The van der Waals surface area contributed by atoms with E-state index in [9.17, 15) is 12.9 Å². The van der Waals surface area contributed by atoms with E-state index in [2.05, 4.69) is 0 Å². The monoisotopic (exact) mass is 189 g/mol. The summed E-state index contributed by atoms with van der Waals surface area (Å²) in [5.74, 6) is 0. The Morgan fingerprint density at radius 2 is 1.92 bits per heavy atom. The van der Waals surface area contributed by atoms with E-state index in [0.717, 1.165) is 4.94 Å². The summed E-state index contributed by atoms with van der Waals surface area (Å²) in [6, 6.07) is 6.17. The lowest BCUT2D eigenvalue weighted by molar-refractivity contribution is 0.425. The van der Waals surface area contributed by atoms with E-state index in [1.54, 1.807) is 19.1 Å². The van der Waals surface area contributed by atoms with Gasteiger partial charge in [0.05, 0.1) is 4.90 Å².